The Labute approximate surface area is 91.9 Å². The molecular weight excluding hydrogens is 216 g/mol. The fourth-order valence-electron chi connectivity index (χ4n) is 1.08. The van der Waals surface area contributed by atoms with Crippen molar-refractivity contribution in [1.82, 2.24) is 9.97 Å². The Morgan fingerprint density at radius 1 is 1.33 bits per heavy atom. The minimum absolute atomic E-state index is 0.444. The van der Waals surface area contributed by atoms with E-state index in [0.717, 1.165) is 0 Å². The minimum atomic E-state index is 0.444. The van der Waals surface area contributed by atoms with Crippen molar-refractivity contribution in [2.24, 2.45) is 0 Å². The number of alkyl halides is 1. The van der Waals surface area contributed by atoms with E-state index in [1.165, 1.54) is 0 Å². The first kappa shape index (κ1) is 9.98. The van der Waals surface area contributed by atoms with E-state index < -0.39 is 0 Å². The molecular formula is C10H9ClN2O2. The highest BCUT2D eigenvalue weighted by Gasteiger charge is 2.03. The molecule has 0 aliphatic carbocycles. The number of ether oxygens (including phenoxy) is 1. The first-order valence-corrected chi connectivity index (χ1v) is 4.98. The zero-order valence-electron chi connectivity index (χ0n) is 7.89. The Kier molecular flexibility index (Phi) is 3.19. The molecule has 0 atom stereocenters. The largest absolute Gasteiger partial charge is 0.489 e. The van der Waals surface area contributed by atoms with Gasteiger partial charge in [0.05, 0.1) is 24.5 Å². The van der Waals surface area contributed by atoms with E-state index in [1.807, 2.05) is 0 Å². The molecule has 0 aliphatic heterocycles. The number of furan rings is 1. The molecule has 0 N–H and O–H groups in total. The standard InChI is InChI=1S/C10H9ClN2O2/c11-3-5-14-8-6-12-10(13-7-8)9-2-1-4-15-9/h1-2,4,6-7H,3,5H2. The highest BCUT2D eigenvalue weighted by molar-refractivity contribution is 6.17. The molecule has 5 heteroatoms. The molecule has 0 amide bonds. The molecule has 0 radical (unpaired) electrons. The summed E-state index contributed by atoms with van der Waals surface area (Å²) in [7, 11) is 0. The summed E-state index contributed by atoms with van der Waals surface area (Å²) in [6, 6.07) is 3.59. The summed E-state index contributed by atoms with van der Waals surface area (Å²) < 4.78 is 10.4. The van der Waals surface area contributed by atoms with E-state index in [2.05, 4.69) is 9.97 Å². The van der Waals surface area contributed by atoms with Gasteiger partial charge in [-0.15, -0.1) is 11.6 Å². The van der Waals surface area contributed by atoms with Gasteiger partial charge in [-0.05, 0) is 12.1 Å². The smallest absolute Gasteiger partial charge is 0.195 e. The van der Waals surface area contributed by atoms with Crippen LogP contribution in [0, 0.1) is 0 Å². The molecule has 4 nitrogen and oxygen atoms in total. The van der Waals surface area contributed by atoms with Crippen LogP contribution in [0.15, 0.2) is 35.2 Å². The summed E-state index contributed by atoms with van der Waals surface area (Å²) in [5.41, 5.74) is 0. The average Bonchev–Trinajstić information content (AvgIpc) is 2.80. The van der Waals surface area contributed by atoms with Gasteiger partial charge in [-0.25, -0.2) is 9.97 Å². The third-order valence-electron chi connectivity index (χ3n) is 1.72. The SMILES string of the molecule is ClCCOc1cnc(-c2ccco2)nc1. The lowest BCUT2D eigenvalue weighted by Crippen LogP contribution is -1.99. The van der Waals surface area contributed by atoms with E-state index in [4.69, 9.17) is 20.8 Å². The molecule has 2 aromatic heterocycles. The first-order valence-electron chi connectivity index (χ1n) is 4.45. The van der Waals surface area contributed by atoms with Crippen LogP contribution in [0.5, 0.6) is 5.75 Å². The van der Waals surface area contributed by atoms with E-state index in [0.29, 0.717) is 29.8 Å². The fourth-order valence-corrected chi connectivity index (χ4v) is 1.16. The number of hydrogen-bond acceptors (Lipinski definition) is 4. The lowest BCUT2D eigenvalue weighted by Gasteiger charge is -2.02. The van der Waals surface area contributed by atoms with Crippen LogP contribution in [0.4, 0.5) is 0 Å². The number of halogens is 1. The molecule has 0 saturated heterocycles. The first-order chi connectivity index (χ1) is 7.40. The molecule has 2 rings (SSSR count). The van der Waals surface area contributed by atoms with E-state index in [-0.39, 0.29) is 0 Å². The Bertz CT molecular complexity index is 400. The van der Waals surface area contributed by atoms with Gasteiger partial charge in [0.2, 0.25) is 0 Å². The Balaban J connectivity index is 2.11. The van der Waals surface area contributed by atoms with Crippen LogP contribution < -0.4 is 4.74 Å². The van der Waals surface area contributed by atoms with Crippen LogP contribution in [0.25, 0.3) is 11.6 Å². The van der Waals surface area contributed by atoms with Crippen LogP contribution in [0.3, 0.4) is 0 Å². The van der Waals surface area contributed by atoms with Gasteiger partial charge < -0.3 is 9.15 Å². The van der Waals surface area contributed by atoms with Crippen molar-refractivity contribution in [2.75, 3.05) is 12.5 Å². The molecule has 0 aromatic carbocycles. The molecule has 78 valence electrons. The second kappa shape index (κ2) is 4.79. The van der Waals surface area contributed by atoms with Crippen LogP contribution in [0.2, 0.25) is 0 Å². The van der Waals surface area contributed by atoms with E-state index in [1.54, 1.807) is 30.8 Å². The van der Waals surface area contributed by atoms with Crippen molar-refractivity contribution in [3.8, 4) is 17.3 Å². The molecule has 0 aliphatic rings. The summed E-state index contributed by atoms with van der Waals surface area (Å²) in [5.74, 6) is 2.23. The van der Waals surface area contributed by atoms with Gasteiger partial charge in [0.1, 0.15) is 6.61 Å². The van der Waals surface area contributed by atoms with Crippen LogP contribution in [0.1, 0.15) is 0 Å². The Morgan fingerprint density at radius 2 is 2.13 bits per heavy atom. The summed E-state index contributed by atoms with van der Waals surface area (Å²) in [4.78, 5) is 8.20. The third kappa shape index (κ3) is 2.47. The second-order valence-corrected chi connectivity index (χ2v) is 3.14. The van der Waals surface area contributed by atoms with Crippen molar-refractivity contribution in [3.05, 3.63) is 30.8 Å². The van der Waals surface area contributed by atoms with Crippen molar-refractivity contribution in [2.45, 2.75) is 0 Å². The quantitative estimate of drug-likeness (QED) is 0.748. The van der Waals surface area contributed by atoms with Gasteiger partial charge in [0.25, 0.3) is 0 Å². The van der Waals surface area contributed by atoms with Gasteiger partial charge >= 0.3 is 0 Å². The normalized spacial score (nSPS) is 10.2. The minimum Gasteiger partial charge on any atom is -0.489 e. The third-order valence-corrected chi connectivity index (χ3v) is 1.87. The van der Waals surface area contributed by atoms with Crippen molar-refractivity contribution < 1.29 is 9.15 Å². The molecule has 0 bridgehead atoms. The molecule has 2 aromatic rings. The van der Waals surface area contributed by atoms with Gasteiger partial charge in [0.15, 0.2) is 17.3 Å². The predicted molar refractivity (Wildman–Crippen MR) is 55.9 cm³/mol. The Hall–Kier alpha value is -1.55. The molecule has 0 unspecified atom stereocenters. The zero-order chi connectivity index (χ0) is 10.5. The van der Waals surface area contributed by atoms with Crippen molar-refractivity contribution in [1.29, 1.82) is 0 Å². The molecule has 0 fully saturated rings. The lowest BCUT2D eigenvalue weighted by molar-refractivity contribution is 0.340. The molecule has 15 heavy (non-hydrogen) atoms. The highest BCUT2D eigenvalue weighted by Crippen LogP contribution is 2.16. The van der Waals surface area contributed by atoms with Gasteiger partial charge in [-0.1, -0.05) is 0 Å². The number of hydrogen-bond donors (Lipinski definition) is 0. The average molecular weight is 225 g/mol. The number of aromatic nitrogens is 2. The number of nitrogens with zero attached hydrogens (tertiary/aromatic N) is 2. The maximum atomic E-state index is 5.48. The molecule has 0 spiro atoms. The molecule has 2 heterocycles. The fraction of sp³-hybridized carbons (Fsp3) is 0.200. The van der Waals surface area contributed by atoms with Crippen LogP contribution in [-0.4, -0.2) is 22.5 Å². The maximum absolute atomic E-state index is 5.48. The summed E-state index contributed by atoms with van der Waals surface area (Å²) in [6.07, 6.45) is 4.77. The van der Waals surface area contributed by atoms with E-state index >= 15 is 0 Å². The highest BCUT2D eigenvalue weighted by atomic mass is 35.5. The summed E-state index contributed by atoms with van der Waals surface area (Å²) in [6.45, 7) is 0.449. The van der Waals surface area contributed by atoms with Crippen molar-refractivity contribution >= 4 is 11.6 Å². The van der Waals surface area contributed by atoms with Gasteiger partial charge in [-0.2, -0.15) is 0 Å². The summed E-state index contributed by atoms with van der Waals surface area (Å²) in [5, 5.41) is 0. The Morgan fingerprint density at radius 3 is 2.73 bits per heavy atom. The van der Waals surface area contributed by atoms with Crippen molar-refractivity contribution in [3.63, 3.8) is 0 Å². The molecule has 0 saturated carbocycles. The lowest BCUT2D eigenvalue weighted by atomic mass is 10.4. The zero-order valence-corrected chi connectivity index (χ0v) is 8.65. The van der Waals surface area contributed by atoms with E-state index in [9.17, 15) is 0 Å². The summed E-state index contributed by atoms with van der Waals surface area (Å²) >= 11 is 5.48. The number of rotatable bonds is 4. The predicted octanol–water partition coefficient (Wildman–Crippen LogP) is 2.35. The maximum Gasteiger partial charge on any atom is 0.195 e. The van der Waals surface area contributed by atoms with Crippen LogP contribution in [-0.2, 0) is 0 Å². The van der Waals surface area contributed by atoms with Gasteiger partial charge in [-0.3, -0.25) is 0 Å². The topological polar surface area (TPSA) is 48.2 Å². The monoisotopic (exact) mass is 224 g/mol. The van der Waals surface area contributed by atoms with Crippen LogP contribution >= 0.6 is 11.6 Å². The van der Waals surface area contributed by atoms with Gasteiger partial charge in [0, 0.05) is 0 Å². The second-order valence-electron chi connectivity index (χ2n) is 2.76.